The topological polar surface area (TPSA) is 94.8 Å². The lowest BCUT2D eigenvalue weighted by Gasteiger charge is -2.33. The maximum absolute atomic E-state index is 11.4. The van der Waals surface area contributed by atoms with Gasteiger partial charge in [0, 0.05) is 0 Å². The standard InChI is InChI=1S/C9H14N4O3/c1-8-9(12-6(14)10-8,13-7(15)11-8)3-2-5-4-16-5/h5H,2-4H2,1H3,(H2,10,12,14)(H2,11,13,15). The van der Waals surface area contributed by atoms with Gasteiger partial charge in [0.1, 0.15) is 0 Å². The molecule has 3 saturated heterocycles. The molecule has 3 aliphatic rings. The maximum Gasteiger partial charge on any atom is 0.318 e. The second-order valence-electron chi connectivity index (χ2n) is 4.68. The maximum atomic E-state index is 11.4. The van der Waals surface area contributed by atoms with E-state index >= 15 is 0 Å². The molecule has 0 aromatic carbocycles. The van der Waals surface area contributed by atoms with Crippen molar-refractivity contribution in [1.82, 2.24) is 21.3 Å². The number of urea groups is 2. The molecule has 88 valence electrons. The number of rotatable bonds is 3. The summed E-state index contributed by atoms with van der Waals surface area (Å²) in [6.45, 7) is 2.56. The summed E-state index contributed by atoms with van der Waals surface area (Å²) in [7, 11) is 0. The Labute approximate surface area is 92.3 Å². The molecular weight excluding hydrogens is 212 g/mol. The summed E-state index contributed by atoms with van der Waals surface area (Å²) in [6, 6.07) is -0.543. The predicted molar refractivity (Wildman–Crippen MR) is 53.4 cm³/mol. The number of carbonyl (C=O) groups excluding carboxylic acids is 2. The fraction of sp³-hybridized carbons (Fsp3) is 0.778. The van der Waals surface area contributed by atoms with Gasteiger partial charge in [0.2, 0.25) is 0 Å². The van der Waals surface area contributed by atoms with Gasteiger partial charge in [-0.05, 0) is 19.8 Å². The van der Waals surface area contributed by atoms with E-state index in [9.17, 15) is 9.59 Å². The van der Waals surface area contributed by atoms with E-state index in [1.165, 1.54) is 0 Å². The monoisotopic (exact) mass is 226 g/mol. The van der Waals surface area contributed by atoms with Crippen molar-refractivity contribution >= 4 is 12.1 Å². The highest BCUT2D eigenvalue weighted by Crippen LogP contribution is 2.32. The van der Waals surface area contributed by atoms with Gasteiger partial charge in [0.05, 0.1) is 12.7 Å². The summed E-state index contributed by atoms with van der Waals surface area (Å²) in [4.78, 5) is 22.8. The minimum atomic E-state index is -0.768. The molecule has 0 bridgehead atoms. The SMILES string of the molecule is CC12NC(=O)NC1(CCC1CO1)NC(=O)N2. The summed E-state index contributed by atoms with van der Waals surface area (Å²) in [6.07, 6.45) is 1.74. The highest BCUT2D eigenvalue weighted by atomic mass is 16.6. The quantitative estimate of drug-likeness (QED) is 0.475. The number of ether oxygens (including phenoxy) is 1. The van der Waals surface area contributed by atoms with Crippen LogP contribution in [-0.2, 0) is 4.74 Å². The average molecular weight is 226 g/mol. The Kier molecular flexibility index (Phi) is 1.69. The summed E-state index contributed by atoms with van der Waals surface area (Å²) in [5, 5.41) is 11.0. The van der Waals surface area contributed by atoms with Crippen LogP contribution in [0.2, 0.25) is 0 Å². The minimum absolute atomic E-state index is 0.272. The molecule has 3 rings (SSSR count). The van der Waals surface area contributed by atoms with Gasteiger partial charge in [-0.25, -0.2) is 9.59 Å². The van der Waals surface area contributed by atoms with Crippen LogP contribution < -0.4 is 21.3 Å². The molecule has 16 heavy (non-hydrogen) atoms. The Hall–Kier alpha value is -1.50. The highest BCUT2D eigenvalue weighted by molar-refractivity contribution is 5.87. The molecule has 1 atom stereocenters. The Balaban J connectivity index is 1.82. The molecule has 3 fully saturated rings. The van der Waals surface area contributed by atoms with Crippen molar-refractivity contribution in [2.75, 3.05) is 6.61 Å². The summed E-state index contributed by atoms with van der Waals surface area (Å²) in [5.41, 5.74) is -1.51. The molecule has 0 aromatic rings. The Morgan fingerprint density at radius 3 is 2.31 bits per heavy atom. The first-order valence-electron chi connectivity index (χ1n) is 5.35. The molecule has 0 aliphatic carbocycles. The number of fused-ring (bicyclic) bond motifs is 1. The molecule has 1 unspecified atom stereocenters. The third kappa shape index (κ3) is 1.24. The van der Waals surface area contributed by atoms with Crippen molar-refractivity contribution in [2.24, 2.45) is 0 Å². The smallest absolute Gasteiger partial charge is 0.318 e. The zero-order valence-corrected chi connectivity index (χ0v) is 8.92. The first-order chi connectivity index (χ1) is 7.53. The largest absolute Gasteiger partial charge is 0.373 e. The van der Waals surface area contributed by atoms with E-state index in [0.29, 0.717) is 6.42 Å². The van der Waals surface area contributed by atoms with E-state index < -0.39 is 11.3 Å². The van der Waals surface area contributed by atoms with Crippen molar-refractivity contribution < 1.29 is 14.3 Å². The molecule has 7 nitrogen and oxygen atoms in total. The van der Waals surface area contributed by atoms with Gasteiger partial charge in [0.25, 0.3) is 0 Å². The van der Waals surface area contributed by atoms with Crippen LogP contribution in [0.25, 0.3) is 0 Å². The van der Waals surface area contributed by atoms with Crippen LogP contribution in [0.4, 0.5) is 9.59 Å². The predicted octanol–water partition coefficient (Wildman–Crippen LogP) is -0.796. The fourth-order valence-corrected chi connectivity index (χ4v) is 2.42. The molecule has 4 N–H and O–H groups in total. The minimum Gasteiger partial charge on any atom is -0.373 e. The van der Waals surface area contributed by atoms with Crippen LogP contribution in [0, 0.1) is 0 Å². The lowest BCUT2D eigenvalue weighted by Crippen LogP contribution is -2.64. The van der Waals surface area contributed by atoms with Gasteiger partial charge < -0.3 is 26.0 Å². The van der Waals surface area contributed by atoms with Crippen molar-refractivity contribution in [3.05, 3.63) is 0 Å². The van der Waals surface area contributed by atoms with Crippen molar-refractivity contribution in [2.45, 2.75) is 37.2 Å². The normalized spacial score (nSPS) is 44.2. The van der Waals surface area contributed by atoms with Crippen LogP contribution >= 0.6 is 0 Å². The Bertz CT molecular complexity index is 346. The van der Waals surface area contributed by atoms with E-state index in [4.69, 9.17) is 4.74 Å². The average Bonchev–Trinajstić information content (AvgIpc) is 2.87. The van der Waals surface area contributed by atoms with Crippen molar-refractivity contribution in [1.29, 1.82) is 0 Å². The summed E-state index contributed by atoms with van der Waals surface area (Å²) < 4.78 is 5.13. The highest BCUT2D eigenvalue weighted by Gasteiger charge is 2.61. The molecule has 0 spiro atoms. The van der Waals surface area contributed by atoms with Crippen LogP contribution in [-0.4, -0.2) is 36.1 Å². The second kappa shape index (κ2) is 2.79. The van der Waals surface area contributed by atoms with E-state index in [1.54, 1.807) is 6.92 Å². The van der Waals surface area contributed by atoms with E-state index in [2.05, 4.69) is 21.3 Å². The van der Waals surface area contributed by atoms with Crippen LogP contribution in [0.1, 0.15) is 19.8 Å². The van der Waals surface area contributed by atoms with Crippen molar-refractivity contribution in [3.8, 4) is 0 Å². The third-order valence-electron chi connectivity index (χ3n) is 3.48. The lowest BCUT2D eigenvalue weighted by molar-refractivity contribution is 0.199. The van der Waals surface area contributed by atoms with Gasteiger partial charge in [0.15, 0.2) is 11.3 Å². The van der Waals surface area contributed by atoms with E-state index in [1.807, 2.05) is 0 Å². The van der Waals surface area contributed by atoms with Crippen LogP contribution in [0.3, 0.4) is 0 Å². The molecule has 3 aliphatic heterocycles. The first-order valence-corrected chi connectivity index (χ1v) is 5.35. The van der Waals surface area contributed by atoms with Gasteiger partial charge in [-0.1, -0.05) is 0 Å². The van der Waals surface area contributed by atoms with Gasteiger partial charge in [-0.15, -0.1) is 0 Å². The summed E-state index contributed by atoms with van der Waals surface area (Å²) in [5.74, 6) is 0. The number of epoxide rings is 1. The molecule has 3 heterocycles. The molecule has 0 radical (unpaired) electrons. The second-order valence-corrected chi connectivity index (χ2v) is 4.68. The van der Waals surface area contributed by atoms with Crippen LogP contribution in [0.15, 0.2) is 0 Å². The van der Waals surface area contributed by atoms with Crippen LogP contribution in [0.5, 0.6) is 0 Å². The molecule has 0 aromatic heterocycles. The number of hydrogen-bond acceptors (Lipinski definition) is 3. The number of hydrogen-bond donors (Lipinski definition) is 4. The number of carbonyl (C=O) groups is 2. The molecule has 7 heteroatoms. The fourth-order valence-electron chi connectivity index (χ4n) is 2.42. The Morgan fingerprint density at radius 2 is 1.81 bits per heavy atom. The Morgan fingerprint density at radius 1 is 1.25 bits per heavy atom. The molecule has 0 saturated carbocycles. The zero-order valence-electron chi connectivity index (χ0n) is 8.92. The van der Waals surface area contributed by atoms with Gasteiger partial charge >= 0.3 is 12.1 Å². The molecular formula is C9H14N4O3. The number of amides is 4. The summed E-state index contributed by atoms with van der Waals surface area (Å²) >= 11 is 0. The number of nitrogens with one attached hydrogen (secondary N) is 4. The van der Waals surface area contributed by atoms with Crippen molar-refractivity contribution in [3.63, 3.8) is 0 Å². The van der Waals surface area contributed by atoms with E-state index in [0.717, 1.165) is 13.0 Å². The lowest BCUT2D eigenvalue weighted by atomic mass is 9.92. The third-order valence-corrected chi connectivity index (χ3v) is 3.48. The first kappa shape index (κ1) is 9.71. The zero-order chi connectivity index (χ0) is 11.4. The van der Waals surface area contributed by atoms with Gasteiger partial charge in [-0.3, -0.25) is 0 Å². The van der Waals surface area contributed by atoms with E-state index in [-0.39, 0.29) is 18.2 Å². The molecule has 4 amide bonds. The van der Waals surface area contributed by atoms with Gasteiger partial charge in [-0.2, -0.15) is 0 Å².